The molecule has 2 N–H and O–H groups in total. The number of hydrogen-bond donors (Lipinski definition) is 2. The first-order chi connectivity index (χ1) is 15.9. The fourth-order valence-corrected chi connectivity index (χ4v) is 5.35. The standard InChI is InChI=1S/C22H24BrF2N5O3S/c1-21(2,3)33-20(32)27-13-7-6-9-22(24,25)16(13)29-18(31)19-28-15(17(23)34-19)12-11-26-30-10-5-4-8-14(12)30/h4-5,8,10-11,13,16H,6-7,9H2,1-3H3,(H,27,32)(H,29,31). The van der Waals surface area contributed by atoms with E-state index in [4.69, 9.17) is 4.74 Å². The van der Waals surface area contributed by atoms with Crippen LogP contribution in [0.15, 0.2) is 34.4 Å². The molecule has 8 nitrogen and oxygen atoms in total. The minimum Gasteiger partial charge on any atom is -0.444 e. The van der Waals surface area contributed by atoms with Gasteiger partial charge in [-0.05, 0) is 61.7 Å². The Bertz CT molecular complexity index is 1220. The van der Waals surface area contributed by atoms with Crippen molar-refractivity contribution in [3.8, 4) is 11.3 Å². The lowest BCUT2D eigenvalue weighted by Gasteiger charge is -2.38. The molecule has 12 heteroatoms. The second-order valence-corrected chi connectivity index (χ2v) is 11.4. The lowest BCUT2D eigenvalue weighted by molar-refractivity contribution is -0.0724. The highest BCUT2D eigenvalue weighted by molar-refractivity contribution is 9.11. The number of halogens is 3. The largest absolute Gasteiger partial charge is 0.444 e. The first kappa shape index (κ1) is 24.5. The van der Waals surface area contributed by atoms with Gasteiger partial charge < -0.3 is 15.4 Å². The maximum Gasteiger partial charge on any atom is 0.407 e. The van der Waals surface area contributed by atoms with E-state index in [0.717, 1.165) is 16.9 Å². The average molecular weight is 556 g/mol. The van der Waals surface area contributed by atoms with Crippen LogP contribution in [0.5, 0.6) is 0 Å². The number of carbonyl (C=O) groups is 2. The third-order valence-corrected chi connectivity index (χ3v) is 7.04. The van der Waals surface area contributed by atoms with Gasteiger partial charge in [0, 0.05) is 18.2 Å². The minimum atomic E-state index is -3.20. The highest BCUT2D eigenvalue weighted by Crippen LogP contribution is 2.37. The molecule has 0 saturated heterocycles. The zero-order chi connectivity index (χ0) is 24.7. The van der Waals surface area contributed by atoms with Crippen molar-refractivity contribution in [3.63, 3.8) is 0 Å². The van der Waals surface area contributed by atoms with Crippen LogP contribution in [0.4, 0.5) is 13.6 Å². The molecule has 34 heavy (non-hydrogen) atoms. The van der Waals surface area contributed by atoms with E-state index < -0.39 is 35.6 Å². The maximum absolute atomic E-state index is 14.8. The molecule has 182 valence electrons. The molecule has 1 aliphatic carbocycles. The molecule has 3 heterocycles. The summed E-state index contributed by atoms with van der Waals surface area (Å²) in [5.74, 6) is -3.94. The summed E-state index contributed by atoms with van der Waals surface area (Å²) in [5, 5.41) is 9.21. The summed E-state index contributed by atoms with van der Waals surface area (Å²) in [6.45, 7) is 5.05. The van der Waals surface area contributed by atoms with Crippen molar-refractivity contribution in [2.75, 3.05) is 0 Å². The highest BCUT2D eigenvalue weighted by atomic mass is 79.9. The molecule has 0 spiro atoms. The van der Waals surface area contributed by atoms with Crippen molar-refractivity contribution in [1.29, 1.82) is 0 Å². The Hall–Kier alpha value is -2.60. The highest BCUT2D eigenvalue weighted by Gasteiger charge is 2.49. The Labute approximate surface area is 207 Å². The van der Waals surface area contributed by atoms with Crippen molar-refractivity contribution in [2.45, 2.75) is 63.6 Å². The molecule has 1 aliphatic rings. The van der Waals surface area contributed by atoms with Gasteiger partial charge in [0.1, 0.15) is 17.3 Å². The Balaban J connectivity index is 1.55. The van der Waals surface area contributed by atoms with E-state index in [-0.39, 0.29) is 24.3 Å². The number of amides is 2. The molecule has 0 aromatic carbocycles. The molecule has 3 aromatic rings. The number of pyridine rings is 1. The predicted molar refractivity (Wildman–Crippen MR) is 127 cm³/mol. The third-order valence-electron chi connectivity index (χ3n) is 5.33. The first-order valence-corrected chi connectivity index (χ1v) is 12.3. The van der Waals surface area contributed by atoms with Gasteiger partial charge in [0.25, 0.3) is 11.8 Å². The first-order valence-electron chi connectivity index (χ1n) is 10.7. The number of carbonyl (C=O) groups excluding carboxylic acids is 2. The van der Waals surface area contributed by atoms with Crippen LogP contribution in [0.1, 0.15) is 49.8 Å². The number of fused-ring (bicyclic) bond motifs is 1. The van der Waals surface area contributed by atoms with E-state index in [1.807, 2.05) is 18.2 Å². The lowest BCUT2D eigenvalue weighted by atomic mass is 9.87. The summed E-state index contributed by atoms with van der Waals surface area (Å²) in [4.78, 5) is 29.6. The third kappa shape index (κ3) is 5.22. The van der Waals surface area contributed by atoms with Gasteiger partial charge in [-0.2, -0.15) is 5.10 Å². The van der Waals surface area contributed by atoms with E-state index in [2.05, 4.69) is 36.6 Å². The molecule has 1 fully saturated rings. The number of nitrogens with one attached hydrogen (secondary N) is 2. The zero-order valence-electron chi connectivity index (χ0n) is 18.8. The van der Waals surface area contributed by atoms with Gasteiger partial charge in [0.15, 0.2) is 5.01 Å². The molecule has 2 unspecified atom stereocenters. The maximum atomic E-state index is 14.8. The van der Waals surface area contributed by atoms with Crippen molar-refractivity contribution in [1.82, 2.24) is 25.2 Å². The molecule has 0 bridgehead atoms. The van der Waals surface area contributed by atoms with Gasteiger partial charge in [0.2, 0.25) is 0 Å². The Morgan fingerprint density at radius 3 is 2.79 bits per heavy atom. The lowest BCUT2D eigenvalue weighted by Crippen LogP contribution is -2.62. The second-order valence-electron chi connectivity index (χ2n) is 9.09. The van der Waals surface area contributed by atoms with Crippen LogP contribution in [0.3, 0.4) is 0 Å². The number of alkyl carbamates (subject to hydrolysis) is 1. The van der Waals surface area contributed by atoms with Gasteiger partial charge in [-0.3, -0.25) is 4.79 Å². The molecular weight excluding hydrogens is 532 g/mol. The molecule has 3 aromatic heterocycles. The zero-order valence-corrected chi connectivity index (χ0v) is 21.2. The summed E-state index contributed by atoms with van der Waals surface area (Å²) in [5.41, 5.74) is 1.22. The van der Waals surface area contributed by atoms with E-state index in [9.17, 15) is 18.4 Å². The molecule has 1 saturated carbocycles. The van der Waals surface area contributed by atoms with Crippen LogP contribution < -0.4 is 10.6 Å². The minimum absolute atomic E-state index is 0.0227. The van der Waals surface area contributed by atoms with Crippen LogP contribution in [-0.4, -0.2) is 50.2 Å². The van der Waals surface area contributed by atoms with E-state index in [1.54, 1.807) is 37.7 Å². The number of rotatable bonds is 4. The fraction of sp³-hybridized carbons (Fsp3) is 0.455. The Kier molecular flexibility index (Phi) is 6.65. The number of nitrogens with zero attached hydrogens (tertiary/aromatic N) is 3. The summed E-state index contributed by atoms with van der Waals surface area (Å²) in [7, 11) is 0. The molecule has 0 aliphatic heterocycles. The molecule has 4 rings (SSSR count). The number of aromatic nitrogens is 3. The fourth-order valence-electron chi connectivity index (χ4n) is 3.88. The number of hydrogen-bond acceptors (Lipinski definition) is 6. The number of ether oxygens (including phenoxy) is 1. The van der Waals surface area contributed by atoms with E-state index in [0.29, 0.717) is 15.0 Å². The van der Waals surface area contributed by atoms with Gasteiger partial charge in [-0.15, -0.1) is 11.3 Å². The second kappa shape index (κ2) is 9.21. The molecule has 2 atom stereocenters. The Morgan fingerprint density at radius 2 is 2.06 bits per heavy atom. The van der Waals surface area contributed by atoms with Crippen molar-refractivity contribution >= 4 is 44.8 Å². The predicted octanol–water partition coefficient (Wildman–Crippen LogP) is 5.03. The number of alkyl halides is 2. The van der Waals surface area contributed by atoms with E-state index in [1.165, 1.54) is 0 Å². The van der Waals surface area contributed by atoms with Crippen LogP contribution in [0, 0.1) is 0 Å². The van der Waals surface area contributed by atoms with Gasteiger partial charge >= 0.3 is 6.09 Å². The smallest absolute Gasteiger partial charge is 0.407 e. The summed E-state index contributed by atoms with van der Waals surface area (Å²) in [6.07, 6.45) is 2.72. The number of thiazole rings is 1. The molecule has 0 radical (unpaired) electrons. The average Bonchev–Trinajstić information content (AvgIpc) is 3.32. The summed E-state index contributed by atoms with van der Waals surface area (Å²) < 4.78 is 37.1. The topological polar surface area (TPSA) is 97.6 Å². The summed E-state index contributed by atoms with van der Waals surface area (Å²) >= 11 is 4.47. The quantitative estimate of drug-likeness (QED) is 0.470. The monoisotopic (exact) mass is 555 g/mol. The summed E-state index contributed by atoms with van der Waals surface area (Å²) in [6, 6.07) is 2.99. The molecular formula is C22H24BrF2N5O3S. The van der Waals surface area contributed by atoms with Crippen LogP contribution in [-0.2, 0) is 4.74 Å². The SMILES string of the molecule is CC(C)(C)OC(=O)NC1CCCC(F)(F)C1NC(=O)c1nc(-c2cnn3ccccc23)c(Br)s1. The normalized spacial score (nSPS) is 20.2. The van der Waals surface area contributed by atoms with Crippen LogP contribution >= 0.6 is 27.3 Å². The van der Waals surface area contributed by atoms with Crippen LogP contribution in [0.2, 0.25) is 0 Å². The van der Waals surface area contributed by atoms with Gasteiger partial charge in [-0.1, -0.05) is 6.07 Å². The molecule has 2 amide bonds. The van der Waals surface area contributed by atoms with Crippen LogP contribution in [0.25, 0.3) is 16.8 Å². The van der Waals surface area contributed by atoms with Crippen molar-refractivity contribution < 1.29 is 23.1 Å². The van der Waals surface area contributed by atoms with Crippen molar-refractivity contribution in [2.24, 2.45) is 0 Å². The van der Waals surface area contributed by atoms with Gasteiger partial charge in [0.05, 0.1) is 21.5 Å². The van der Waals surface area contributed by atoms with E-state index >= 15 is 0 Å². The Morgan fingerprint density at radius 1 is 1.29 bits per heavy atom. The van der Waals surface area contributed by atoms with Crippen molar-refractivity contribution in [3.05, 3.63) is 39.4 Å². The van der Waals surface area contributed by atoms with Gasteiger partial charge in [-0.25, -0.2) is 23.1 Å².